The predicted molar refractivity (Wildman–Crippen MR) is 110 cm³/mol. The van der Waals surface area contributed by atoms with E-state index >= 15 is 0 Å². The van der Waals surface area contributed by atoms with E-state index in [1.165, 1.54) is 46.1 Å². The molecule has 3 heteroatoms. The molecule has 0 unspecified atom stereocenters. The van der Waals surface area contributed by atoms with Gasteiger partial charge in [-0.2, -0.15) is 0 Å². The van der Waals surface area contributed by atoms with Crippen LogP contribution in [0.25, 0.3) is 21.2 Å². The standard InChI is InChI=1S/C23H24O2S/c1-22(2)10-11-23(3,4)18-13-16-14(12-17(18)22)6-5-7-15(16)19-8-9-20(26-19)21(24)25/h5-9,12-13H,10-11H2,1-4H3,(H,24,25). The molecule has 26 heavy (non-hydrogen) atoms. The first-order valence-electron chi connectivity index (χ1n) is 9.10. The maximum absolute atomic E-state index is 11.3. The molecule has 0 atom stereocenters. The molecule has 0 aliphatic heterocycles. The minimum absolute atomic E-state index is 0.161. The van der Waals surface area contributed by atoms with Crippen LogP contribution >= 0.6 is 11.3 Å². The molecule has 1 aliphatic rings. The Morgan fingerprint density at radius 2 is 1.62 bits per heavy atom. The molecule has 1 heterocycles. The summed E-state index contributed by atoms with van der Waals surface area (Å²) in [6.07, 6.45) is 2.38. The molecule has 0 amide bonds. The zero-order chi connectivity index (χ0) is 18.7. The Kier molecular flexibility index (Phi) is 3.78. The highest BCUT2D eigenvalue weighted by Crippen LogP contribution is 2.48. The van der Waals surface area contributed by atoms with Crippen LogP contribution < -0.4 is 0 Å². The van der Waals surface area contributed by atoms with E-state index < -0.39 is 5.97 Å². The summed E-state index contributed by atoms with van der Waals surface area (Å²) >= 11 is 1.35. The van der Waals surface area contributed by atoms with Crippen LogP contribution in [0.2, 0.25) is 0 Å². The van der Waals surface area contributed by atoms with E-state index in [4.69, 9.17) is 0 Å². The first-order valence-corrected chi connectivity index (χ1v) is 9.92. The van der Waals surface area contributed by atoms with E-state index in [-0.39, 0.29) is 10.8 Å². The molecule has 0 fully saturated rings. The Bertz CT molecular complexity index is 1020. The van der Waals surface area contributed by atoms with Crippen LogP contribution in [0.4, 0.5) is 0 Å². The summed E-state index contributed by atoms with van der Waals surface area (Å²) in [6, 6.07) is 14.7. The third-order valence-corrected chi connectivity index (χ3v) is 7.04. The fourth-order valence-corrected chi connectivity index (χ4v) is 5.04. The molecule has 1 N–H and O–H groups in total. The molecule has 1 aromatic heterocycles. The minimum Gasteiger partial charge on any atom is -0.477 e. The van der Waals surface area contributed by atoms with Crippen LogP contribution in [0.15, 0.2) is 42.5 Å². The molecule has 2 aromatic carbocycles. The van der Waals surface area contributed by atoms with Gasteiger partial charge in [-0.3, -0.25) is 0 Å². The summed E-state index contributed by atoms with van der Waals surface area (Å²) in [5.41, 5.74) is 4.36. The number of rotatable bonds is 2. The van der Waals surface area contributed by atoms with Crippen LogP contribution in [-0.2, 0) is 10.8 Å². The van der Waals surface area contributed by atoms with Gasteiger partial charge in [-0.15, -0.1) is 11.3 Å². The zero-order valence-electron chi connectivity index (χ0n) is 15.7. The number of aromatic carboxylic acids is 1. The maximum atomic E-state index is 11.3. The van der Waals surface area contributed by atoms with Gasteiger partial charge in [-0.1, -0.05) is 52.0 Å². The Labute approximate surface area is 158 Å². The van der Waals surface area contributed by atoms with Crippen molar-refractivity contribution in [2.24, 2.45) is 0 Å². The van der Waals surface area contributed by atoms with Crippen LogP contribution in [0.3, 0.4) is 0 Å². The maximum Gasteiger partial charge on any atom is 0.345 e. The van der Waals surface area contributed by atoms with Gasteiger partial charge in [-0.25, -0.2) is 4.79 Å². The van der Waals surface area contributed by atoms with Crippen LogP contribution in [0.5, 0.6) is 0 Å². The number of carbonyl (C=O) groups is 1. The summed E-state index contributed by atoms with van der Waals surface area (Å²) < 4.78 is 0. The zero-order valence-corrected chi connectivity index (χ0v) is 16.5. The average Bonchev–Trinajstić information content (AvgIpc) is 3.08. The first-order chi connectivity index (χ1) is 12.2. The summed E-state index contributed by atoms with van der Waals surface area (Å²) in [4.78, 5) is 12.7. The molecular weight excluding hydrogens is 340 g/mol. The van der Waals surface area contributed by atoms with Gasteiger partial charge < -0.3 is 5.11 Å². The largest absolute Gasteiger partial charge is 0.477 e. The minimum atomic E-state index is -0.859. The van der Waals surface area contributed by atoms with Crippen LogP contribution in [0, 0.1) is 0 Å². The summed E-state index contributed by atoms with van der Waals surface area (Å²) in [6.45, 7) is 9.36. The normalized spacial score (nSPS) is 17.8. The lowest BCUT2D eigenvalue weighted by Gasteiger charge is -2.42. The lowest BCUT2D eigenvalue weighted by Crippen LogP contribution is -2.33. The van der Waals surface area contributed by atoms with Gasteiger partial charge in [0, 0.05) is 4.88 Å². The number of fused-ring (bicyclic) bond motifs is 2. The molecule has 0 spiro atoms. The number of benzene rings is 2. The highest BCUT2D eigenvalue weighted by Gasteiger charge is 2.37. The quantitative estimate of drug-likeness (QED) is 0.555. The van der Waals surface area contributed by atoms with Crippen LogP contribution in [0.1, 0.15) is 61.3 Å². The van der Waals surface area contributed by atoms with E-state index in [0.717, 1.165) is 10.4 Å². The number of carboxylic acid groups (broad SMARTS) is 1. The molecule has 2 nitrogen and oxygen atoms in total. The Morgan fingerprint density at radius 1 is 0.962 bits per heavy atom. The number of carboxylic acids is 1. The molecule has 134 valence electrons. The molecule has 0 saturated heterocycles. The van der Waals surface area contributed by atoms with E-state index in [9.17, 15) is 9.90 Å². The molecule has 3 aromatic rings. The van der Waals surface area contributed by atoms with Crippen LogP contribution in [-0.4, -0.2) is 11.1 Å². The van der Waals surface area contributed by atoms with Gasteiger partial charge in [0.25, 0.3) is 0 Å². The van der Waals surface area contributed by atoms with Gasteiger partial charge >= 0.3 is 5.97 Å². The molecule has 4 rings (SSSR count). The second-order valence-corrected chi connectivity index (χ2v) is 9.75. The molecule has 0 bridgehead atoms. The van der Waals surface area contributed by atoms with E-state index in [1.54, 1.807) is 6.07 Å². The predicted octanol–water partition coefficient (Wildman–Crippen LogP) is 6.62. The highest BCUT2D eigenvalue weighted by atomic mass is 32.1. The van der Waals surface area contributed by atoms with Gasteiger partial charge in [-0.05, 0) is 69.3 Å². The average molecular weight is 365 g/mol. The van der Waals surface area contributed by atoms with Crippen molar-refractivity contribution in [3.05, 3.63) is 58.5 Å². The fourth-order valence-electron chi connectivity index (χ4n) is 4.15. The van der Waals surface area contributed by atoms with Crippen molar-refractivity contribution in [1.82, 2.24) is 0 Å². The second-order valence-electron chi connectivity index (χ2n) is 8.66. The molecule has 1 aliphatic carbocycles. The van der Waals surface area contributed by atoms with Crippen molar-refractivity contribution in [3.63, 3.8) is 0 Å². The second kappa shape index (κ2) is 5.68. The van der Waals surface area contributed by atoms with Crippen molar-refractivity contribution in [2.75, 3.05) is 0 Å². The van der Waals surface area contributed by atoms with E-state index in [0.29, 0.717) is 4.88 Å². The monoisotopic (exact) mass is 364 g/mol. The van der Waals surface area contributed by atoms with Gasteiger partial charge in [0.05, 0.1) is 0 Å². The molecule has 0 saturated carbocycles. The lowest BCUT2D eigenvalue weighted by molar-refractivity contribution is 0.0702. The number of thiophene rings is 1. The van der Waals surface area contributed by atoms with Crippen molar-refractivity contribution in [3.8, 4) is 10.4 Å². The SMILES string of the molecule is CC1(C)CCC(C)(C)c2cc3c(-c4ccc(C(=O)O)s4)cccc3cc21. The van der Waals surface area contributed by atoms with Gasteiger partial charge in [0.1, 0.15) is 4.88 Å². The molecule has 0 radical (unpaired) electrons. The van der Waals surface area contributed by atoms with Crippen molar-refractivity contribution < 1.29 is 9.90 Å². The number of hydrogen-bond donors (Lipinski definition) is 1. The number of hydrogen-bond acceptors (Lipinski definition) is 2. The van der Waals surface area contributed by atoms with Gasteiger partial charge in [0.2, 0.25) is 0 Å². The van der Waals surface area contributed by atoms with E-state index in [1.807, 2.05) is 6.07 Å². The topological polar surface area (TPSA) is 37.3 Å². The Hall–Kier alpha value is -2.13. The highest BCUT2D eigenvalue weighted by molar-refractivity contribution is 7.17. The summed E-state index contributed by atoms with van der Waals surface area (Å²) in [5, 5.41) is 11.7. The van der Waals surface area contributed by atoms with Crippen molar-refractivity contribution in [1.29, 1.82) is 0 Å². The Balaban J connectivity index is 1.98. The third-order valence-electron chi connectivity index (χ3n) is 5.93. The third kappa shape index (κ3) is 2.66. The summed E-state index contributed by atoms with van der Waals surface area (Å²) in [5.74, 6) is -0.859. The smallest absolute Gasteiger partial charge is 0.345 e. The lowest BCUT2D eigenvalue weighted by atomic mass is 9.62. The van der Waals surface area contributed by atoms with Crippen molar-refractivity contribution in [2.45, 2.75) is 51.4 Å². The fraction of sp³-hybridized carbons (Fsp3) is 0.348. The van der Waals surface area contributed by atoms with Gasteiger partial charge in [0.15, 0.2) is 0 Å². The Morgan fingerprint density at radius 3 is 2.23 bits per heavy atom. The summed E-state index contributed by atoms with van der Waals surface area (Å²) in [7, 11) is 0. The first kappa shape index (κ1) is 17.3. The molecular formula is C23H24O2S. The van der Waals surface area contributed by atoms with Crippen molar-refractivity contribution >= 4 is 28.1 Å². The van der Waals surface area contributed by atoms with E-state index in [2.05, 4.69) is 58.0 Å².